The average Bonchev–Trinajstić information content (AvgIpc) is 2.37. The van der Waals surface area contributed by atoms with E-state index in [1.165, 1.54) is 6.92 Å². The third-order valence-electron chi connectivity index (χ3n) is 4.38. The monoisotopic (exact) mass is 352 g/mol. The second-order valence-corrected chi connectivity index (χ2v) is 6.57. The number of halogens is 7. The molecule has 1 aliphatic carbocycles. The normalized spacial score (nSPS) is 27.2. The van der Waals surface area contributed by atoms with E-state index >= 15 is 0 Å². The van der Waals surface area contributed by atoms with Crippen molar-refractivity contribution in [3.05, 3.63) is 0 Å². The first-order valence-electron chi connectivity index (χ1n) is 7.20. The Bertz CT molecular complexity index is 435. The molecule has 0 aromatic heterocycles. The predicted molar refractivity (Wildman–Crippen MR) is 67.2 cm³/mol. The molecule has 1 rings (SSSR count). The summed E-state index contributed by atoms with van der Waals surface area (Å²) >= 11 is 0. The minimum absolute atomic E-state index is 0.134. The zero-order chi connectivity index (χ0) is 18.3. The number of ether oxygens (including phenoxy) is 1. The van der Waals surface area contributed by atoms with Gasteiger partial charge in [0.2, 0.25) is 0 Å². The van der Waals surface area contributed by atoms with E-state index in [1.54, 1.807) is 0 Å². The highest BCUT2D eigenvalue weighted by molar-refractivity contribution is 5.79. The molecule has 0 aromatic carbocycles. The molecule has 1 saturated carbocycles. The lowest BCUT2D eigenvalue weighted by Gasteiger charge is -2.39. The van der Waals surface area contributed by atoms with E-state index in [4.69, 9.17) is 0 Å². The standard InChI is InChI=1S/C14H19F7O2/c1-8(2)9-4-6-11(3,7-5-9)23-10(22)12(15,16)13(17,18)14(19,20)21/h8-9H,4-7H2,1-3H3. The highest BCUT2D eigenvalue weighted by atomic mass is 19.4. The summed E-state index contributed by atoms with van der Waals surface area (Å²) in [5, 5.41) is 0. The van der Waals surface area contributed by atoms with Crippen LogP contribution >= 0.6 is 0 Å². The number of rotatable bonds is 4. The SMILES string of the molecule is CC(C)C1CCC(C)(OC(=O)C(F)(F)C(F)(F)C(F)(F)F)CC1. The van der Waals surface area contributed by atoms with Crippen molar-refractivity contribution in [2.24, 2.45) is 11.8 Å². The zero-order valence-corrected chi connectivity index (χ0v) is 12.9. The van der Waals surface area contributed by atoms with Crippen LogP contribution in [0.1, 0.15) is 46.5 Å². The van der Waals surface area contributed by atoms with Crippen LogP contribution in [0, 0.1) is 11.8 Å². The minimum Gasteiger partial charge on any atom is -0.455 e. The van der Waals surface area contributed by atoms with Crippen molar-refractivity contribution in [3.8, 4) is 0 Å². The molecule has 0 amide bonds. The van der Waals surface area contributed by atoms with Crippen LogP contribution in [0.15, 0.2) is 0 Å². The Hall–Kier alpha value is -1.02. The van der Waals surface area contributed by atoms with Crippen LogP contribution in [0.3, 0.4) is 0 Å². The molecule has 2 nitrogen and oxygen atoms in total. The first-order chi connectivity index (χ1) is 10.1. The van der Waals surface area contributed by atoms with Gasteiger partial charge in [0.05, 0.1) is 0 Å². The molecule has 9 heteroatoms. The van der Waals surface area contributed by atoms with E-state index in [0.717, 1.165) is 0 Å². The molecule has 0 heterocycles. The Kier molecular flexibility index (Phi) is 5.33. The van der Waals surface area contributed by atoms with Crippen molar-refractivity contribution < 1.29 is 40.3 Å². The quantitative estimate of drug-likeness (QED) is 0.528. The number of hydrogen-bond donors (Lipinski definition) is 0. The predicted octanol–water partition coefficient (Wildman–Crippen LogP) is 4.97. The van der Waals surface area contributed by atoms with Crippen LogP contribution in [0.4, 0.5) is 30.7 Å². The van der Waals surface area contributed by atoms with Crippen molar-refractivity contribution in [2.75, 3.05) is 0 Å². The smallest absolute Gasteiger partial charge is 0.455 e. The molecule has 136 valence electrons. The molecular weight excluding hydrogens is 333 g/mol. The molecule has 1 fully saturated rings. The van der Waals surface area contributed by atoms with Crippen LogP contribution in [0.25, 0.3) is 0 Å². The number of hydrogen-bond acceptors (Lipinski definition) is 2. The van der Waals surface area contributed by atoms with Gasteiger partial charge < -0.3 is 4.74 Å². The van der Waals surface area contributed by atoms with Gasteiger partial charge in [-0.15, -0.1) is 0 Å². The van der Waals surface area contributed by atoms with Gasteiger partial charge >= 0.3 is 24.0 Å². The largest absolute Gasteiger partial charge is 0.460 e. The molecule has 0 radical (unpaired) electrons. The molecule has 0 aromatic rings. The second kappa shape index (κ2) is 6.12. The van der Waals surface area contributed by atoms with E-state index in [-0.39, 0.29) is 18.8 Å². The van der Waals surface area contributed by atoms with Crippen molar-refractivity contribution in [1.29, 1.82) is 0 Å². The van der Waals surface area contributed by atoms with E-state index in [2.05, 4.69) is 4.74 Å². The number of carbonyl (C=O) groups is 1. The van der Waals surface area contributed by atoms with Crippen molar-refractivity contribution in [1.82, 2.24) is 0 Å². The summed E-state index contributed by atoms with van der Waals surface area (Å²) in [4.78, 5) is 11.3. The Morgan fingerprint density at radius 2 is 1.48 bits per heavy atom. The first-order valence-corrected chi connectivity index (χ1v) is 7.20. The highest BCUT2D eigenvalue weighted by Crippen LogP contribution is 2.48. The van der Waals surface area contributed by atoms with Gasteiger partial charge in [-0.25, -0.2) is 4.79 Å². The van der Waals surface area contributed by atoms with Gasteiger partial charge in [0, 0.05) is 0 Å². The van der Waals surface area contributed by atoms with Crippen LogP contribution in [0.2, 0.25) is 0 Å². The molecule has 0 spiro atoms. The zero-order valence-electron chi connectivity index (χ0n) is 12.9. The van der Waals surface area contributed by atoms with Gasteiger partial charge in [0.25, 0.3) is 0 Å². The van der Waals surface area contributed by atoms with E-state index in [1.807, 2.05) is 13.8 Å². The summed E-state index contributed by atoms with van der Waals surface area (Å²) < 4.78 is 92.8. The third-order valence-corrected chi connectivity index (χ3v) is 4.38. The van der Waals surface area contributed by atoms with Gasteiger partial charge in [-0.3, -0.25) is 0 Å². The third kappa shape index (κ3) is 3.91. The van der Waals surface area contributed by atoms with Crippen LogP contribution in [0.5, 0.6) is 0 Å². The molecular formula is C14H19F7O2. The Morgan fingerprint density at radius 1 is 1.04 bits per heavy atom. The maximum absolute atomic E-state index is 13.3. The van der Waals surface area contributed by atoms with Gasteiger partial charge in [-0.2, -0.15) is 30.7 Å². The van der Waals surface area contributed by atoms with Crippen molar-refractivity contribution >= 4 is 5.97 Å². The topological polar surface area (TPSA) is 26.3 Å². The maximum Gasteiger partial charge on any atom is 0.460 e. The molecule has 0 bridgehead atoms. The van der Waals surface area contributed by atoms with E-state index in [0.29, 0.717) is 18.8 Å². The lowest BCUT2D eigenvalue weighted by Crippen LogP contribution is -2.58. The van der Waals surface area contributed by atoms with Crippen LogP contribution in [-0.2, 0) is 9.53 Å². The molecule has 23 heavy (non-hydrogen) atoms. The Balaban J connectivity index is 2.83. The van der Waals surface area contributed by atoms with Crippen LogP contribution < -0.4 is 0 Å². The summed E-state index contributed by atoms with van der Waals surface area (Å²) in [7, 11) is 0. The van der Waals surface area contributed by atoms with Gasteiger partial charge in [-0.1, -0.05) is 13.8 Å². The lowest BCUT2D eigenvalue weighted by molar-refractivity contribution is -0.350. The summed E-state index contributed by atoms with van der Waals surface area (Å²) in [5.74, 6) is -14.7. The maximum atomic E-state index is 13.3. The van der Waals surface area contributed by atoms with Crippen molar-refractivity contribution in [2.45, 2.75) is 70.1 Å². The fourth-order valence-electron chi connectivity index (χ4n) is 2.61. The summed E-state index contributed by atoms with van der Waals surface area (Å²) in [6.45, 7) is 5.18. The van der Waals surface area contributed by atoms with Gasteiger partial charge in [0.1, 0.15) is 5.60 Å². The van der Waals surface area contributed by atoms with E-state index in [9.17, 15) is 35.5 Å². The highest BCUT2D eigenvalue weighted by Gasteiger charge is 2.77. The number of carbonyl (C=O) groups excluding carboxylic acids is 1. The van der Waals surface area contributed by atoms with Crippen LogP contribution in [-0.4, -0.2) is 29.6 Å². The van der Waals surface area contributed by atoms with Crippen molar-refractivity contribution in [3.63, 3.8) is 0 Å². The fraction of sp³-hybridized carbons (Fsp3) is 0.929. The lowest BCUT2D eigenvalue weighted by atomic mass is 9.75. The Labute approximate surface area is 129 Å². The molecule has 1 aliphatic rings. The van der Waals surface area contributed by atoms with Gasteiger partial charge in [-0.05, 0) is 44.4 Å². The van der Waals surface area contributed by atoms with Gasteiger partial charge in [0.15, 0.2) is 0 Å². The minimum atomic E-state index is -6.55. The number of esters is 1. The summed E-state index contributed by atoms with van der Waals surface area (Å²) in [6.07, 6.45) is -5.25. The summed E-state index contributed by atoms with van der Waals surface area (Å²) in [6, 6.07) is 0. The molecule has 0 saturated heterocycles. The van der Waals surface area contributed by atoms with E-state index < -0.39 is 29.6 Å². The Morgan fingerprint density at radius 3 is 1.83 bits per heavy atom. The fourth-order valence-corrected chi connectivity index (χ4v) is 2.61. The summed E-state index contributed by atoms with van der Waals surface area (Å²) in [5.41, 5.74) is -1.46. The average molecular weight is 352 g/mol. The first kappa shape index (κ1) is 20.0. The second-order valence-electron chi connectivity index (χ2n) is 6.57. The number of alkyl halides is 7. The molecule has 0 atom stereocenters. The molecule has 0 aliphatic heterocycles. The molecule has 0 N–H and O–H groups in total. The molecule has 0 unspecified atom stereocenters.